The van der Waals surface area contributed by atoms with Gasteiger partial charge in [0.1, 0.15) is 0 Å². The molecule has 4 rings (SSSR count). The summed E-state index contributed by atoms with van der Waals surface area (Å²) in [6.07, 6.45) is 0. The fraction of sp³-hybridized carbons (Fsp3) is 0.333. The molecule has 7 nitrogen and oxygen atoms in total. The fourth-order valence-corrected chi connectivity index (χ4v) is 3.78. The molecule has 0 saturated carbocycles. The minimum absolute atomic E-state index is 0.560. The zero-order valence-corrected chi connectivity index (χ0v) is 15.5. The van der Waals surface area contributed by atoms with Crippen LogP contribution in [0.5, 0.6) is 11.5 Å². The molecule has 0 unspecified atom stereocenters. The summed E-state index contributed by atoms with van der Waals surface area (Å²) >= 11 is 1.66. The summed E-state index contributed by atoms with van der Waals surface area (Å²) in [5.74, 6) is 2.85. The predicted molar refractivity (Wildman–Crippen MR) is 103 cm³/mol. The Kier molecular flexibility index (Phi) is 4.77. The van der Waals surface area contributed by atoms with Crippen LogP contribution in [0.1, 0.15) is 0 Å². The lowest BCUT2D eigenvalue weighted by Crippen LogP contribution is -2.36. The lowest BCUT2D eigenvalue weighted by molar-refractivity contribution is 0.122. The van der Waals surface area contributed by atoms with E-state index in [1.165, 1.54) is 0 Å². The van der Waals surface area contributed by atoms with Crippen molar-refractivity contribution in [3.63, 3.8) is 0 Å². The molecule has 3 aromatic rings. The third kappa shape index (κ3) is 3.25. The van der Waals surface area contributed by atoms with E-state index in [1.807, 2.05) is 29.6 Å². The van der Waals surface area contributed by atoms with Gasteiger partial charge < -0.3 is 24.4 Å². The molecule has 0 spiro atoms. The van der Waals surface area contributed by atoms with E-state index in [9.17, 15) is 0 Å². The number of thiophene rings is 1. The first-order valence-electron chi connectivity index (χ1n) is 8.35. The molecule has 1 N–H and O–H groups in total. The molecule has 1 aliphatic heterocycles. The number of fused-ring (bicyclic) bond motifs is 1. The van der Waals surface area contributed by atoms with Crippen LogP contribution < -0.4 is 19.7 Å². The van der Waals surface area contributed by atoms with E-state index in [2.05, 4.69) is 15.2 Å². The van der Waals surface area contributed by atoms with E-state index in [1.54, 1.807) is 25.6 Å². The van der Waals surface area contributed by atoms with Gasteiger partial charge in [0.05, 0.1) is 37.6 Å². The van der Waals surface area contributed by atoms with Crippen LogP contribution in [0.3, 0.4) is 0 Å². The summed E-state index contributed by atoms with van der Waals surface area (Å²) in [5, 5.41) is 5.33. The summed E-state index contributed by atoms with van der Waals surface area (Å²) < 4.78 is 17.2. The van der Waals surface area contributed by atoms with E-state index in [0.717, 1.165) is 48.0 Å². The van der Waals surface area contributed by atoms with E-state index >= 15 is 0 Å². The van der Waals surface area contributed by atoms with Crippen molar-refractivity contribution in [3.05, 3.63) is 29.6 Å². The van der Waals surface area contributed by atoms with E-state index < -0.39 is 0 Å². The van der Waals surface area contributed by atoms with Crippen molar-refractivity contribution >= 4 is 39.0 Å². The van der Waals surface area contributed by atoms with Crippen molar-refractivity contribution in [2.75, 3.05) is 50.7 Å². The van der Waals surface area contributed by atoms with Gasteiger partial charge in [-0.2, -0.15) is 4.98 Å². The summed E-state index contributed by atoms with van der Waals surface area (Å²) in [5.41, 5.74) is 1.78. The van der Waals surface area contributed by atoms with Gasteiger partial charge >= 0.3 is 0 Å². The number of morpholine rings is 1. The van der Waals surface area contributed by atoms with Gasteiger partial charge in [-0.3, -0.25) is 0 Å². The second kappa shape index (κ2) is 7.35. The fourth-order valence-electron chi connectivity index (χ4n) is 2.94. The molecule has 0 radical (unpaired) electrons. The van der Waals surface area contributed by atoms with Crippen LogP contribution in [-0.2, 0) is 4.74 Å². The second-order valence-corrected chi connectivity index (χ2v) is 6.72. The molecular formula is C18H20N4O3S. The maximum Gasteiger partial charge on any atom is 0.229 e. The second-order valence-electron chi connectivity index (χ2n) is 5.80. The number of benzene rings is 1. The quantitative estimate of drug-likeness (QED) is 0.737. The Labute approximate surface area is 155 Å². The SMILES string of the molecule is COc1ccc(Nc2nc(N3CCOCC3)c3sccc3n2)cc1OC. The molecule has 8 heteroatoms. The highest BCUT2D eigenvalue weighted by Gasteiger charge is 2.18. The standard InChI is InChI=1S/C18H20N4O3S/c1-23-14-4-3-12(11-15(14)24-2)19-18-20-13-5-10-26-16(13)17(21-18)22-6-8-25-9-7-22/h3-5,10-11H,6-9H2,1-2H3,(H,19,20,21). The highest BCUT2D eigenvalue weighted by Crippen LogP contribution is 2.33. The van der Waals surface area contributed by atoms with Crippen LogP contribution in [0.4, 0.5) is 17.5 Å². The maximum absolute atomic E-state index is 5.46. The van der Waals surface area contributed by atoms with Crippen molar-refractivity contribution in [1.82, 2.24) is 9.97 Å². The molecule has 1 saturated heterocycles. The molecule has 0 amide bonds. The Morgan fingerprint density at radius 3 is 2.65 bits per heavy atom. The monoisotopic (exact) mass is 372 g/mol. The van der Waals surface area contributed by atoms with Crippen LogP contribution >= 0.6 is 11.3 Å². The van der Waals surface area contributed by atoms with Crippen molar-refractivity contribution in [1.29, 1.82) is 0 Å². The average molecular weight is 372 g/mol. The minimum Gasteiger partial charge on any atom is -0.493 e. The lowest BCUT2D eigenvalue weighted by atomic mass is 10.2. The number of rotatable bonds is 5. The Balaban J connectivity index is 1.68. The predicted octanol–water partition coefficient (Wildman–Crippen LogP) is 3.29. The van der Waals surface area contributed by atoms with Gasteiger partial charge in [0.2, 0.25) is 5.95 Å². The van der Waals surface area contributed by atoms with Crippen molar-refractivity contribution in [2.24, 2.45) is 0 Å². The van der Waals surface area contributed by atoms with Gasteiger partial charge in [0.15, 0.2) is 17.3 Å². The highest BCUT2D eigenvalue weighted by atomic mass is 32.1. The third-order valence-corrected chi connectivity index (χ3v) is 5.14. The molecule has 0 atom stereocenters. The first kappa shape index (κ1) is 16.9. The molecule has 2 aromatic heterocycles. The van der Waals surface area contributed by atoms with Crippen molar-refractivity contribution in [2.45, 2.75) is 0 Å². The molecular weight excluding hydrogens is 352 g/mol. The summed E-state index contributed by atoms with van der Waals surface area (Å²) in [6, 6.07) is 7.66. The maximum atomic E-state index is 5.46. The Morgan fingerprint density at radius 2 is 1.88 bits per heavy atom. The molecule has 26 heavy (non-hydrogen) atoms. The van der Waals surface area contributed by atoms with Crippen molar-refractivity contribution in [3.8, 4) is 11.5 Å². The number of hydrogen-bond acceptors (Lipinski definition) is 8. The number of methoxy groups -OCH3 is 2. The first-order valence-corrected chi connectivity index (χ1v) is 9.23. The van der Waals surface area contributed by atoms with E-state index in [0.29, 0.717) is 17.4 Å². The van der Waals surface area contributed by atoms with Gasteiger partial charge in [-0.1, -0.05) is 0 Å². The van der Waals surface area contributed by atoms with Gasteiger partial charge in [-0.05, 0) is 23.6 Å². The molecule has 1 aliphatic rings. The molecule has 0 bridgehead atoms. The number of hydrogen-bond donors (Lipinski definition) is 1. The zero-order chi connectivity index (χ0) is 17.9. The smallest absolute Gasteiger partial charge is 0.229 e. The lowest BCUT2D eigenvalue weighted by Gasteiger charge is -2.28. The van der Waals surface area contributed by atoms with Crippen molar-refractivity contribution < 1.29 is 14.2 Å². The van der Waals surface area contributed by atoms with Crippen LogP contribution in [-0.4, -0.2) is 50.5 Å². The Hall–Kier alpha value is -2.58. The number of nitrogens with zero attached hydrogens (tertiary/aromatic N) is 3. The Morgan fingerprint density at radius 1 is 1.08 bits per heavy atom. The van der Waals surface area contributed by atoms with Gasteiger partial charge in [-0.25, -0.2) is 4.98 Å². The Bertz CT molecular complexity index is 909. The molecule has 1 fully saturated rings. The van der Waals surface area contributed by atoms with Crippen LogP contribution in [0.15, 0.2) is 29.6 Å². The normalized spacial score (nSPS) is 14.5. The van der Waals surface area contributed by atoms with E-state index in [-0.39, 0.29) is 0 Å². The zero-order valence-electron chi connectivity index (χ0n) is 14.7. The van der Waals surface area contributed by atoms with Crippen LogP contribution in [0.2, 0.25) is 0 Å². The molecule has 3 heterocycles. The summed E-state index contributed by atoms with van der Waals surface area (Å²) in [7, 11) is 3.24. The van der Waals surface area contributed by atoms with Gasteiger partial charge in [-0.15, -0.1) is 11.3 Å². The summed E-state index contributed by atoms with van der Waals surface area (Å²) in [6.45, 7) is 3.10. The van der Waals surface area contributed by atoms with Crippen LogP contribution in [0, 0.1) is 0 Å². The molecule has 136 valence electrons. The first-order chi connectivity index (χ1) is 12.8. The molecule has 1 aromatic carbocycles. The number of aromatic nitrogens is 2. The number of nitrogens with one attached hydrogen (secondary N) is 1. The number of ether oxygens (including phenoxy) is 3. The third-order valence-electron chi connectivity index (χ3n) is 4.24. The van der Waals surface area contributed by atoms with Gasteiger partial charge in [0, 0.05) is 24.8 Å². The molecule has 0 aliphatic carbocycles. The average Bonchev–Trinajstić information content (AvgIpc) is 3.16. The highest BCUT2D eigenvalue weighted by molar-refractivity contribution is 7.17. The van der Waals surface area contributed by atoms with E-state index in [4.69, 9.17) is 19.2 Å². The minimum atomic E-state index is 0.560. The van der Waals surface area contributed by atoms with Crippen LogP contribution in [0.25, 0.3) is 10.2 Å². The largest absolute Gasteiger partial charge is 0.493 e. The number of anilines is 3. The topological polar surface area (TPSA) is 68.7 Å². The summed E-state index contributed by atoms with van der Waals surface area (Å²) in [4.78, 5) is 11.7. The van der Waals surface area contributed by atoms with Gasteiger partial charge in [0.25, 0.3) is 0 Å².